The van der Waals surface area contributed by atoms with Crippen molar-refractivity contribution < 1.29 is 9.53 Å². The molecule has 6 nitrogen and oxygen atoms in total. The van der Waals surface area contributed by atoms with Crippen molar-refractivity contribution in [1.29, 1.82) is 0 Å². The first kappa shape index (κ1) is 13.4. The lowest BCUT2D eigenvalue weighted by atomic mass is 9.81. The monoisotopic (exact) mass is 298 g/mol. The highest BCUT2D eigenvalue weighted by molar-refractivity contribution is 5.80. The molecule has 1 saturated heterocycles. The smallest absolute Gasteiger partial charge is 0.313 e. The number of rotatable bonds is 2. The summed E-state index contributed by atoms with van der Waals surface area (Å²) in [5, 5.41) is 0. The molecule has 2 fully saturated rings. The average molecular weight is 298 g/mol. The Hall–Kier alpha value is -2.24. The maximum absolute atomic E-state index is 12.3. The summed E-state index contributed by atoms with van der Waals surface area (Å²) in [6, 6.07) is 3.90. The Morgan fingerprint density at radius 3 is 3.09 bits per heavy atom. The third-order valence-electron chi connectivity index (χ3n) is 5.10. The van der Waals surface area contributed by atoms with Gasteiger partial charge in [-0.1, -0.05) is 6.42 Å². The van der Waals surface area contributed by atoms with Gasteiger partial charge in [0.2, 0.25) is 0 Å². The van der Waals surface area contributed by atoms with Crippen molar-refractivity contribution >= 4 is 23.0 Å². The van der Waals surface area contributed by atoms with Gasteiger partial charge in [0.25, 0.3) is 0 Å². The van der Waals surface area contributed by atoms with Gasteiger partial charge in [-0.2, -0.15) is 0 Å². The fraction of sp³-hybridized carbons (Fsp3) is 0.500. The maximum atomic E-state index is 12.3. The molecule has 2 unspecified atom stereocenters. The van der Waals surface area contributed by atoms with Crippen LogP contribution in [0.15, 0.2) is 24.5 Å². The van der Waals surface area contributed by atoms with Crippen LogP contribution in [-0.4, -0.2) is 41.1 Å². The molecule has 0 radical (unpaired) electrons. The minimum absolute atomic E-state index is 0.0712. The highest BCUT2D eigenvalue weighted by atomic mass is 16.5. The van der Waals surface area contributed by atoms with Crippen LogP contribution in [-0.2, 0) is 9.53 Å². The van der Waals surface area contributed by atoms with E-state index in [4.69, 9.17) is 4.74 Å². The molecule has 2 aromatic rings. The Balaban J connectivity index is 1.67. The summed E-state index contributed by atoms with van der Waals surface area (Å²) in [5.41, 5.74) is 1.07. The van der Waals surface area contributed by atoms with Crippen LogP contribution in [0.2, 0.25) is 0 Å². The highest BCUT2D eigenvalue weighted by Gasteiger charge is 2.55. The molecule has 1 aliphatic heterocycles. The van der Waals surface area contributed by atoms with Crippen LogP contribution in [0, 0.1) is 11.3 Å². The number of carbonyl (C=O) groups is 1. The molecule has 2 aromatic heterocycles. The van der Waals surface area contributed by atoms with E-state index in [0.717, 1.165) is 37.1 Å². The van der Waals surface area contributed by atoms with E-state index in [1.54, 1.807) is 12.4 Å². The standard InChI is InChI=1S/C16H18N4O2/c1-22-15(21)16-6-2-3-11(16)9-20(10-16)13-5-4-12-14(19-13)18-8-7-17-12/h4-5,7-8,11H,2-3,6,9-10H2,1H3. The van der Waals surface area contributed by atoms with E-state index in [1.807, 2.05) is 12.1 Å². The quantitative estimate of drug-likeness (QED) is 0.788. The van der Waals surface area contributed by atoms with Crippen LogP contribution in [0.25, 0.3) is 11.2 Å². The fourth-order valence-corrected chi connectivity index (χ4v) is 4.02. The number of hydrogen-bond acceptors (Lipinski definition) is 6. The van der Waals surface area contributed by atoms with Gasteiger partial charge in [-0.25, -0.2) is 9.97 Å². The van der Waals surface area contributed by atoms with E-state index in [9.17, 15) is 4.79 Å². The Bertz CT molecular complexity index is 735. The first-order valence-corrected chi connectivity index (χ1v) is 7.64. The van der Waals surface area contributed by atoms with E-state index < -0.39 is 0 Å². The van der Waals surface area contributed by atoms with Crippen LogP contribution >= 0.6 is 0 Å². The van der Waals surface area contributed by atoms with Crippen molar-refractivity contribution in [3.8, 4) is 0 Å². The average Bonchev–Trinajstić information content (AvgIpc) is 3.11. The molecular weight excluding hydrogens is 280 g/mol. The molecule has 114 valence electrons. The second-order valence-electron chi connectivity index (χ2n) is 6.19. The minimum atomic E-state index is -0.353. The summed E-state index contributed by atoms with van der Waals surface area (Å²) < 4.78 is 5.08. The molecule has 0 spiro atoms. The Labute approximate surface area is 128 Å². The SMILES string of the molecule is COC(=O)C12CCCC1CN(c1ccc3nccnc3n1)C2. The number of methoxy groups -OCH3 is 1. The Kier molecular flexibility index (Phi) is 2.99. The lowest BCUT2D eigenvalue weighted by Crippen LogP contribution is -2.37. The molecule has 0 aromatic carbocycles. The number of aromatic nitrogens is 3. The number of nitrogens with zero attached hydrogens (tertiary/aromatic N) is 4. The predicted octanol–water partition coefficient (Wildman–Crippen LogP) is 1.80. The van der Waals surface area contributed by atoms with Crippen LogP contribution in [0.4, 0.5) is 5.82 Å². The number of esters is 1. The minimum Gasteiger partial charge on any atom is -0.469 e. The summed E-state index contributed by atoms with van der Waals surface area (Å²) >= 11 is 0. The van der Waals surface area contributed by atoms with Crippen LogP contribution in [0.3, 0.4) is 0 Å². The Morgan fingerprint density at radius 1 is 1.36 bits per heavy atom. The number of pyridine rings is 1. The summed E-state index contributed by atoms with van der Waals surface area (Å²) in [6.45, 7) is 1.54. The summed E-state index contributed by atoms with van der Waals surface area (Å²) in [4.78, 5) is 27.6. The molecule has 4 rings (SSSR count). The first-order valence-electron chi connectivity index (χ1n) is 7.64. The predicted molar refractivity (Wildman–Crippen MR) is 81.3 cm³/mol. The lowest BCUT2D eigenvalue weighted by Gasteiger charge is -2.25. The number of hydrogen-bond donors (Lipinski definition) is 0. The topological polar surface area (TPSA) is 68.2 Å². The molecule has 22 heavy (non-hydrogen) atoms. The zero-order chi connectivity index (χ0) is 15.2. The third kappa shape index (κ3) is 1.86. The van der Waals surface area contributed by atoms with Crippen molar-refractivity contribution in [2.24, 2.45) is 11.3 Å². The van der Waals surface area contributed by atoms with Crippen LogP contribution in [0.1, 0.15) is 19.3 Å². The van der Waals surface area contributed by atoms with Crippen molar-refractivity contribution in [2.45, 2.75) is 19.3 Å². The normalized spacial score (nSPS) is 27.1. The summed E-state index contributed by atoms with van der Waals surface area (Å²) in [5.74, 6) is 1.16. The second-order valence-corrected chi connectivity index (χ2v) is 6.19. The molecule has 1 saturated carbocycles. The Morgan fingerprint density at radius 2 is 2.23 bits per heavy atom. The van der Waals surface area contributed by atoms with E-state index in [-0.39, 0.29) is 11.4 Å². The zero-order valence-corrected chi connectivity index (χ0v) is 12.5. The summed E-state index contributed by atoms with van der Waals surface area (Å²) in [6.07, 6.45) is 6.40. The number of carbonyl (C=O) groups excluding carboxylic acids is 1. The molecule has 0 bridgehead atoms. The van der Waals surface area contributed by atoms with E-state index in [1.165, 1.54) is 7.11 Å². The van der Waals surface area contributed by atoms with E-state index in [2.05, 4.69) is 19.9 Å². The second kappa shape index (κ2) is 4.90. The van der Waals surface area contributed by atoms with Crippen molar-refractivity contribution in [2.75, 3.05) is 25.1 Å². The first-order chi connectivity index (χ1) is 10.7. The van der Waals surface area contributed by atoms with Gasteiger partial charge >= 0.3 is 5.97 Å². The maximum Gasteiger partial charge on any atom is 0.313 e. The van der Waals surface area contributed by atoms with Crippen molar-refractivity contribution in [3.05, 3.63) is 24.5 Å². The van der Waals surface area contributed by atoms with Gasteiger partial charge in [0, 0.05) is 25.5 Å². The van der Waals surface area contributed by atoms with Gasteiger partial charge in [0.1, 0.15) is 11.3 Å². The third-order valence-corrected chi connectivity index (χ3v) is 5.10. The van der Waals surface area contributed by atoms with Crippen LogP contribution in [0.5, 0.6) is 0 Å². The number of anilines is 1. The van der Waals surface area contributed by atoms with Gasteiger partial charge in [0.15, 0.2) is 5.65 Å². The number of fused-ring (bicyclic) bond motifs is 2. The molecule has 0 N–H and O–H groups in total. The molecule has 3 heterocycles. The van der Waals surface area contributed by atoms with Gasteiger partial charge < -0.3 is 9.64 Å². The molecule has 6 heteroatoms. The van der Waals surface area contributed by atoms with E-state index >= 15 is 0 Å². The van der Waals surface area contributed by atoms with E-state index in [0.29, 0.717) is 18.1 Å². The van der Waals surface area contributed by atoms with Gasteiger partial charge in [0.05, 0.1) is 12.5 Å². The van der Waals surface area contributed by atoms with Gasteiger partial charge in [-0.15, -0.1) is 0 Å². The van der Waals surface area contributed by atoms with Gasteiger partial charge in [-0.05, 0) is 30.9 Å². The van der Waals surface area contributed by atoms with Crippen molar-refractivity contribution in [3.63, 3.8) is 0 Å². The fourth-order valence-electron chi connectivity index (χ4n) is 4.02. The highest BCUT2D eigenvalue weighted by Crippen LogP contribution is 2.50. The largest absolute Gasteiger partial charge is 0.469 e. The molecule has 2 atom stereocenters. The molecule has 1 aliphatic carbocycles. The molecular formula is C16H18N4O2. The summed E-state index contributed by atoms with van der Waals surface area (Å²) in [7, 11) is 1.49. The molecule has 2 aliphatic rings. The van der Waals surface area contributed by atoms with Crippen molar-refractivity contribution in [1.82, 2.24) is 15.0 Å². The zero-order valence-electron chi connectivity index (χ0n) is 12.5. The molecule has 0 amide bonds. The van der Waals surface area contributed by atoms with Crippen LogP contribution < -0.4 is 4.90 Å². The van der Waals surface area contributed by atoms with Gasteiger partial charge in [-0.3, -0.25) is 9.78 Å². The number of ether oxygens (including phenoxy) is 1. The lowest BCUT2D eigenvalue weighted by molar-refractivity contribution is -0.152.